The van der Waals surface area contributed by atoms with Crippen molar-refractivity contribution < 1.29 is 14.6 Å². The fraction of sp³-hybridized carbons (Fsp3) is 0.476. The largest absolute Gasteiger partial charge is 0.493 e. The SMILES string of the molecule is CC(C)COc1ccc2ccccc2c1CN1CCCC(C(=O)O)C1. The first kappa shape index (κ1) is 17.7. The van der Waals surface area contributed by atoms with Crippen LogP contribution in [0.25, 0.3) is 10.8 Å². The summed E-state index contributed by atoms with van der Waals surface area (Å²) in [5.74, 6) is 0.443. The molecule has 0 aromatic heterocycles. The van der Waals surface area contributed by atoms with E-state index in [4.69, 9.17) is 4.74 Å². The van der Waals surface area contributed by atoms with Crippen LogP contribution in [0.1, 0.15) is 32.3 Å². The Bertz CT molecular complexity index is 741. The van der Waals surface area contributed by atoms with Crippen molar-refractivity contribution in [2.45, 2.75) is 33.2 Å². The zero-order chi connectivity index (χ0) is 17.8. The average Bonchev–Trinajstić information content (AvgIpc) is 2.61. The predicted octanol–water partition coefficient (Wildman–Crippen LogP) is 4.17. The van der Waals surface area contributed by atoms with Gasteiger partial charge in [-0.3, -0.25) is 9.69 Å². The van der Waals surface area contributed by atoms with E-state index in [9.17, 15) is 9.90 Å². The van der Waals surface area contributed by atoms with Crippen molar-refractivity contribution in [3.8, 4) is 5.75 Å². The summed E-state index contributed by atoms with van der Waals surface area (Å²) in [6, 6.07) is 12.5. The van der Waals surface area contributed by atoms with Gasteiger partial charge in [0.25, 0.3) is 0 Å². The molecule has 1 aliphatic heterocycles. The maximum atomic E-state index is 11.4. The molecule has 0 aliphatic carbocycles. The number of fused-ring (bicyclic) bond motifs is 1. The van der Waals surface area contributed by atoms with E-state index in [1.165, 1.54) is 16.3 Å². The summed E-state index contributed by atoms with van der Waals surface area (Å²) < 4.78 is 6.08. The van der Waals surface area contributed by atoms with Gasteiger partial charge in [-0.05, 0) is 42.1 Å². The highest BCUT2D eigenvalue weighted by molar-refractivity contribution is 5.87. The highest BCUT2D eigenvalue weighted by Gasteiger charge is 2.26. The Kier molecular flexibility index (Phi) is 5.59. The molecule has 1 saturated heterocycles. The van der Waals surface area contributed by atoms with E-state index in [1.807, 2.05) is 12.1 Å². The van der Waals surface area contributed by atoms with E-state index in [0.717, 1.165) is 31.7 Å². The van der Waals surface area contributed by atoms with Crippen LogP contribution in [0.3, 0.4) is 0 Å². The number of ether oxygens (including phenoxy) is 1. The summed E-state index contributed by atoms with van der Waals surface area (Å²) in [4.78, 5) is 13.6. The number of carboxylic acids is 1. The molecule has 2 aromatic carbocycles. The molecular formula is C21H27NO3. The molecule has 4 heteroatoms. The second-order valence-electron chi connectivity index (χ2n) is 7.38. The van der Waals surface area contributed by atoms with Crippen molar-refractivity contribution in [1.29, 1.82) is 0 Å². The molecule has 1 unspecified atom stereocenters. The van der Waals surface area contributed by atoms with Gasteiger partial charge in [0.15, 0.2) is 0 Å². The smallest absolute Gasteiger partial charge is 0.307 e. The summed E-state index contributed by atoms with van der Waals surface area (Å²) >= 11 is 0. The second-order valence-corrected chi connectivity index (χ2v) is 7.38. The Labute approximate surface area is 149 Å². The molecule has 1 fully saturated rings. The summed E-state index contributed by atoms with van der Waals surface area (Å²) in [7, 11) is 0. The fourth-order valence-corrected chi connectivity index (χ4v) is 3.50. The third-order valence-corrected chi connectivity index (χ3v) is 4.81. The minimum absolute atomic E-state index is 0.260. The van der Waals surface area contributed by atoms with Crippen LogP contribution in [0.15, 0.2) is 36.4 Å². The monoisotopic (exact) mass is 341 g/mol. The molecule has 0 radical (unpaired) electrons. The molecule has 1 atom stereocenters. The van der Waals surface area contributed by atoms with E-state index >= 15 is 0 Å². The van der Waals surface area contributed by atoms with Crippen LogP contribution in [0.4, 0.5) is 0 Å². The quantitative estimate of drug-likeness (QED) is 0.857. The van der Waals surface area contributed by atoms with Gasteiger partial charge in [0.05, 0.1) is 12.5 Å². The molecule has 3 rings (SSSR count). The molecule has 0 amide bonds. The van der Waals surface area contributed by atoms with Gasteiger partial charge in [0.1, 0.15) is 5.75 Å². The molecule has 134 valence electrons. The van der Waals surface area contributed by atoms with Crippen molar-refractivity contribution in [1.82, 2.24) is 4.90 Å². The number of carbonyl (C=O) groups is 1. The number of likely N-dealkylation sites (tertiary alicyclic amines) is 1. The number of hydrogen-bond acceptors (Lipinski definition) is 3. The van der Waals surface area contributed by atoms with Crippen LogP contribution in [-0.2, 0) is 11.3 Å². The minimum Gasteiger partial charge on any atom is -0.493 e. The standard InChI is InChI=1S/C21H27NO3/c1-15(2)14-25-20-10-9-16-6-3-4-8-18(16)19(20)13-22-11-5-7-17(12-22)21(23)24/h3-4,6,8-10,15,17H,5,7,11-14H2,1-2H3,(H,23,24). The number of piperidine rings is 1. The molecule has 0 saturated carbocycles. The van der Waals surface area contributed by atoms with Crippen LogP contribution in [0, 0.1) is 11.8 Å². The first-order valence-corrected chi connectivity index (χ1v) is 9.13. The minimum atomic E-state index is -0.682. The van der Waals surface area contributed by atoms with E-state index in [1.54, 1.807) is 0 Å². The number of benzene rings is 2. The Morgan fingerprint density at radius 3 is 2.84 bits per heavy atom. The molecule has 0 bridgehead atoms. The van der Waals surface area contributed by atoms with Crippen LogP contribution in [0.5, 0.6) is 5.75 Å². The van der Waals surface area contributed by atoms with Crippen LogP contribution >= 0.6 is 0 Å². The molecular weight excluding hydrogens is 314 g/mol. The van der Waals surface area contributed by atoms with Gasteiger partial charge in [-0.1, -0.05) is 44.2 Å². The van der Waals surface area contributed by atoms with Crippen LogP contribution < -0.4 is 4.74 Å². The van der Waals surface area contributed by atoms with Gasteiger partial charge in [-0.15, -0.1) is 0 Å². The van der Waals surface area contributed by atoms with E-state index in [-0.39, 0.29) is 5.92 Å². The number of nitrogens with zero attached hydrogens (tertiary/aromatic N) is 1. The van der Waals surface area contributed by atoms with E-state index in [2.05, 4.69) is 43.0 Å². The Morgan fingerprint density at radius 2 is 2.08 bits per heavy atom. The van der Waals surface area contributed by atoms with Crippen LogP contribution in [0.2, 0.25) is 0 Å². The molecule has 2 aromatic rings. The van der Waals surface area contributed by atoms with Gasteiger partial charge in [0.2, 0.25) is 0 Å². The first-order valence-electron chi connectivity index (χ1n) is 9.13. The number of carboxylic acid groups (broad SMARTS) is 1. The van der Waals surface area contributed by atoms with Crippen LogP contribution in [-0.4, -0.2) is 35.7 Å². The predicted molar refractivity (Wildman–Crippen MR) is 99.9 cm³/mol. The molecule has 0 spiro atoms. The highest BCUT2D eigenvalue weighted by Crippen LogP contribution is 2.31. The number of rotatable bonds is 6. The van der Waals surface area contributed by atoms with Gasteiger partial charge < -0.3 is 9.84 Å². The fourth-order valence-electron chi connectivity index (χ4n) is 3.50. The lowest BCUT2D eigenvalue weighted by Crippen LogP contribution is -2.38. The zero-order valence-electron chi connectivity index (χ0n) is 15.1. The lowest BCUT2D eigenvalue weighted by atomic mass is 9.96. The Hall–Kier alpha value is -2.07. The average molecular weight is 341 g/mol. The molecule has 1 N–H and O–H groups in total. The molecule has 25 heavy (non-hydrogen) atoms. The molecule has 4 nitrogen and oxygen atoms in total. The first-order chi connectivity index (χ1) is 12.0. The maximum Gasteiger partial charge on any atom is 0.307 e. The Morgan fingerprint density at radius 1 is 1.28 bits per heavy atom. The second kappa shape index (κ2) is 7.87. The topological polar surface area (TPSA) is 49.8 Å². The van der Waals surface area contributed by atoms with Crippen molar-refractivity contribution in [2.24, 2.45) is 11.8 Å². The molecule has 1 aliphatic rings. The van der Waals surface area contributed by atoms with Crippen molar-refractivity contribution in [2.75, 3.05) is 19.7 Å². The normalized spacial score (nSPS) is 18.6. The number of aliphatic carboxylic acids is 1. The third-order valence-electron chi connectivity index (χ3n) is 4.81. The lowest BCUT2D eigenvalue weighted by molar-refractivity contribution is -0.143. The van der Waals surface area contributed by atoms with Crippen molar-refractivity contribution in [3.05, 3.63) is 42.0 Å². The summed E-state index contributed by atoms with van der Waals surface area (Å²) in [6.45, 7) is 7.26. The third kappa shape index (κ3) is 4.31. The summed E-state index contributed by atoms with van der Waals surface area (Å²) in [5.41, 5.74) is 1.17. The van der Waals surface area contributed by atoms with E-state index < -0.39 is 5.97 Å². The van der Waals surface area contributed by atoms with Crippen molar-refractivity contribution >= 4 is 16.7 Å². The summed E-state index contributed by atoms with van der Waals surface area (Å²) in [5, 5.41) is 11.7. The zero-order valence-corrected chi connectivity index (χ0v) is 15.1. The summed E-state index contributed by atoms with van der Waals surface area (Å²) in [6.07, 6.45) is 1.71. The van der Waals surface area contributed by atoms with Gasteiger partial charge in [-0.25, -0.2) is 0 Å². The van der Waals surface area contributed by atoms with Gasteiger partial charge in [-0.2, -0.15) is 0 Å². The van der Waals surface area contributed by atoms with Gasteiger partial charge >= 0.3 is 5.97 Å². The number of hydrogen-bond donors (Lipinski definition) is 1. The highest BCUT2D eigenvalue weighted by atomic mass is 16.5. The van der Waals surface area contributed by atoms with Crippen molar-refractivity contribution in [3.63, 3.8) is 0 Å². The van der Waals surface area contributed by atoms with Gasteiger partial charge in [0, 0.05) is 18.7 Å². The lowest BCUT2D eigenvalue weighted by Gasteiger charge is -2.31. The van der Waals surface area contributed by atoms with E-state index in [0.29, 0.717) is 19.1 Å². The Balaban J connectivity index is 1.89. The molecule has 1 heterocycles. The maximum absolute atomic E-state index is 11.4.